The minimum Gasteiger partial charge on any atom is -0.377 e. The van der Waals surface area contributed by atoms with Gasteiger partial charge in [0.05, 0.1) is 10.9 Å². The molecule has 1 aromatic heterocycles. The first kappa shape index (κ1) is 10.7. The van der Waals surface area contributed by atoms with Crippen LogP contribution in [0.15, 0.2) is 6.07 Å². The van der Waals surface area contributed by atoms with Crippen molar-refractivity contribution >= 4 is 27.3 Å². The topological polar surface area (TPSA) is 9.23 Å². The lowest BCUT2D eigenvalue weighted by molar-refractivity contribution is 0.111. The highest BCUT2D eigenvalue weighted by Gasteiger charge is 2.27. The van der Waals surface area contributed by atoms with Gasteiger partial charge in [0.2, 0.25) is 0 Å². The van der Waals surface area contributed by atoms with Gasteiger partial charge in [-0.3, -0.25) is 0 Å². The third kappa shape index (κ3) is 2.05. The molecule has 2 heterocycles. The molecule has 1 saturated heterocycles. The molecule has 0 spiro atoms. The predicted octanol–water partition coefficient (Wildman–Crippen LogP) is 3.98. The fourth-order valence-corrected chi connectivity index (χ4v) is 4.06. The molecule has 3 heteroatoms. The Balaban J connectivity index is 2.17. The first-order valence-electron chi connectivity index (χ1n) is 5.01. The molecule has 78 valence electrons. The smallest absolute Gasteiger partial charge is 0.0753 e. The predicted molar refractivity (Wildman–Crippen MR) is 64.4 cm³/mol. The maximum atomic E-state index is 5.69. The fraction of sp³-hybridized carbons (Fsp3) is 0.636. The molecule has 2 atom stereocenters. The number of hydrogen-bond acceptors (Lipinski definition) is 2. The molecule has 0 amide bonds. The van der Waals surface area contributed by atoms with Crippen LogP contribution in [-0.4, -0.2) is 12.7 Å². The van der Waals surface area contributed by atoms with Gasteiger partial charge in [0.25, 0.3) is 0 Å². The van der Waals surface area contributed by atoms with Crippen LogP contribution in [0.2, 0.25) is 0 Å². The maximum absolute atomic E-state index is 5.69. The molecule has 14 heavy (non-hydrogen) atoms. The van der Waals surface area contributed by atoms with Crippen LogP contribution in [0.25, 0.3) is 0 Å². The minimum atomic E-state index is 0.381. The second-order valence-electron chi connectivity index (χ2n) is 3.86. The van der Waals surface area contributed by atoms with Gasteiger partial charge >= 0.3 is 0 Å². The van der Waals surface area contributed by atoms with Crippen molar-refractivity contribution < 1.29 is 4.74 Å². The highest BCUT2D eigenvalue weighted by atomic mass is 79.9. The first-order valence-corrected chi connectivity index (χ1v) is 6.74. The molecule has 0 aliphatic carbocycles. The quantitative estimate of drug-likeness (QED) is 0.742. The third-order valence-corrected chi connectivity index (χ3v) is 5.21. The van der Waals surface area contributed by atoms with Gasteiger partial charge in [-0.2, -0.15) is 0 Å². The number of halogens is 1. The Morgan fingerprint density at radius 3 is 2.86 bits per heavy atom. The number of thiophene rings is 1. The molecular weight excluding hydrogens is 260 g/mol. The Bertz CT molecular complexity index is 315. The fourth-order valence-electron chi connectivity index (χ4n) is 1.94. The Labute approximate surface area is 97.6 Å². The average Bonchev–Trinajstić information content (AvgIpc) is 2.73. The van der Waals surface area contributed by atoms with Crippen molar-refractivity contribution in [2.75, 3.05) is 6.61 Å². The zero-order chi connectivity index (χ0) is 10.1. The van der Waals surface area contributed by atoms with Gasteiger partial charge in [-0.25, -0.2) is 0 Å². The van der Waals surface area contributed by atoms with Crippen molar-refractivity contribution in [2.45, 2.75) is 37.6 Å². The summed E-state index contributed by atoms with van der Waals surface area (Å²) in [5, 5.41) is 0. The zero-order valence-electron chi connectivity index (χ0n) is 8.55. The minimum absolute atomic E-state index is 0.381. The van der Waals surface area contributed by atoms with Gasteiger partial charge in [0.1, 0.15) is 0 Å². The van der Waals surface area contributed by atoms with E-state index in [0.717, 1.165) is 6.61 Å². The summed E-state index contributed by atoms with van der Waals surface area (Å²) < 4.78 is 5.69. The summed E-state index contributed by atoms with van der Waals surface area (Å²) >= 11 is 5.64. The molecule has 1 fully saturated rings. The highest BCUT2D eigenvalue weighted by Crippen LogP contribution is 2.39. The van der Waals surface area contributed by atoms with E-state index in [1.165, 1.54) is 28.2 Å². The first-order chi connectivity index (χ1) is 6.68. The van der Waals surface area contributed by atoms with E-state index in [-0.39, 0.29) is 0 Å². The van der Waals surface area contributed by atoms with E-state index in [4.69, 9.17) is 4.74 Å². The molecule has 0 saturated carbocycles. The Morgan fingerprint density at radius 1 is 1.57 bits per heavy atom. The molecule has 0 N–H and O–H groups in total. The average molecular weight is 275 g/mol. The van der Waals surface area contributed by atoms with E-state index in [9.17, 15) is 0 Å². The van der Waals surface area contributed by atoms with Crippen molar-refractivity contribution in [3.05, 3.63) is 21.4 Å². The van der Waals surface area contributed by atoms with Crippen molar-refractivity contribution in [3.8, 4) is 0 Å². The van der Waals surface area contributed by atoms with Gasteiger partial charge in [-0.05, 0) is 38.3 Å². The van der Waals surface area contributed by atoms with Crippen molar-refractivity contribution in [2.24, 2.45) is 0 Å². The van der Waals surface area contributed by atoms with Gasteiger partial charge in [0.15, 0.2) is 0 Å². The van der Waals surface area contributed by atoms with E-state index in [0.29, 0.717) is 10.9 Å². The summed E-state index contributed by atoms with van der Waals surface area (Å²) in [6, 6.07) is 2.25. The number of alkyl halides is 1. The number of ether oxygens (including phenoxy) is 1. The van der Waals surface area contributed by atoms with E-state index in [2.05, 4.69) is 35.8 Å². The van der Waals surface area contributed by atoms with Gasteiger partial charge in [-0.15, -0.1) is 11.3 Å². The lowest BCUT2D eigenvalue weighted by Gasteiger charge is -2.16. The molecule has 1 nitrogen and oxygen atoms in total. The Kier molecular flexibility index (Phi) is 3.30. The lowest BCUT2D eigenvalue weighted by atomic mass is 10.1. The van der Waals surface area contributed by atoms with Crippen molar-refractivity contribution in [3.63, 3.8) is 0 Å². The molecule has 2 rings (SSSR count). The number of rotatable bonds is 2. The molecule has 1 aliphatic rings. The molecule has 2 unspecified atom stereocenters. The van der Waals surface area contributed by atoms with Crippen LogP contribution in [-0.2, 0) is 4.74 Å². The van der Waals surface area contributed by atoms with Crippen LogP contribution in [0.4, 0.5) is 0 Å². The summed E-state index contributed by atoms with van der Waals surface area (Å²) in [5.41, 5.74) is 1.39. The SMILES string of the molecule is Cc1cc(C)c(C(Br)C2CCCO2)s1. The second-order valence-corrected chi connectivity index (χ2v) is 6.13. The van der Waals surface area contributed by atoms with Crippen molar-refractivity contribution in [1.29, 1.82) is 0 Å². The molecule has 1 aliphatic heterocycles. The van der Waals surface area contributed by atoms with E-state index >= 15 is 0 Å². The lowest BCUT2D eigenvalue weighted by Crippen LogP contribution is -2.11. The highest BCUT2D eigenvalue weighted by molar-refractivity contribution is 9.09. The van der Waals surface area contributed by atoms with E-state index < -0.39 is 0 Å². The van der Waals surface area contributed by atoms with Crippen LogP contribution < -0.4 is 0 Å². The third-order valence-electron chi connectivity index (χ3n) is 2.62. The second kappa shape index (κ2) is 4.33. The molecule has 0 aromatic carbocycles. The largest absolute Gasteiger partial charge is 0.377 e. The van der Waals surface area contributed by atoms with E-state index in [1.807, 2.05) is 11.3 Å². The van der Waals surface area contributed by atoms with Crippen LogP contribution in [0, 0.1) is 13.8 Å². The van der Waals surface area contributed by atoms with Crippen LogP contribution in [0.3, 0.4) is 0 Å². The Morgan fingerprint density at radius 2 is 2.36 bits per heavy atom. The van der Waals surface area contributed by atoms with Crippen LogP contribution >= 0.6 is 27.3 Å². The van der Waals surface area contributed by atoms with Gasteiger partial charge in [-0.1, -0.05) is 15.9 Å². The molecular formula is C11H15BrOS. The summed E-state index contributed by atoms with van der Waals surface area (Å²) in [6.45, 7) is 5.27. The molecule has 1 aromatic rings. The van der Waals surface area contributed by atoms with Crippen LogP contribution in [0.1, 0.15) is 33.0 Å². The van der Waals surface area contributed by atoms with E-state index in [1.54, 1.807) is 0 Å². The monoisotopic (exact) mass is 274 g/mol. The number of hydrogen-bond donors (Lipinski definition) is 0. The van der Waals surface area contributed by atoms with Gasteiger partial charge in [0, 0.05) is 16.4 Å². The zero-order valence-corrected chi connectivity index (χ0v) is 11.0. The molecule has 0 bridgehead atoms. The Hall–Kier alpha value is 0.140. The van der Waals surface area contributed by atoms with Crippen LogP contribution in [0.5, 0.6) is 0 Å². The van der Waals surface area contributed by atoms with Crippen molar-refractivity contribution in [1.82, 2.24) is 0 Å². The summed E-state index contributed by atoms with van der Waals surface area (Å²) in [7, 11) is 0. The maximum Gasteiger partial charge on any atom is 0.0753 e. The summed E-state index contributed by atoms with van der Waals surface area (Å²) in [4.78, 5) is 3.22. The summed E-state index contributed by atoms with van der Waals surface area (Å²) in [6.07, 6.45) is 2.77. The number of aryl methyl sites for hydroxylation is 2. The van der Waals surface area contributed by atoms with Gasteiger partial charge < -0.3 is 4.74 Å². The summed E-state index contributed by atoms with van der Waals surface area (Å²) in [5.74, 6) is 0. The normalized spacial score (nSPS) is 24.1. The molecule has 0 radical (unpaired) electrons. The standard InChI is InChI=1S/C11H15BrOS/c1-7-6-8(2)14-11(7)10(12)9-4-3-5-13-9/h6,9-10H,3-5H2,1-2H3.